The fourth-order valence-corrected chi connectivity index (χ4v) is 0.821. The molecule has 4 nitrogen and oxygen atoms in total. The van der Waals surface area contributed by atoms with Crippen LogP contribution in [0.2, 0.25) is 0 Å². The number of ether oxygens (including phenoxy) is 2. The number of hydrogen-bond acceptors (Lipinski definition) is 4. The third kappa shape index (κ3) is 2.90. The minimum absolute atomic E-state index is 0.360. The third-order valence-corrected chi connectivity index (χ3v) is 1.46. The van der Waals surface area contributed by atoms with Gasteiger partial charge < -0.3 is 9.47 Å². The van der Waals surface area contributed by atoms with Crippen molar-refractivity contribution in [3.8, 4) is 0 Å². The van der Waals surface area contributed by atoms with E-state index in [1.165, 1.54) is 14.2 Å². The first-order valence-corrected chi connectivity index (χ1v) is 3.62. The molecular formula is C8H13O4. The van der Waals surface area contributed by atoms with Crippen LogP contribution in [0.5, 0.6) is 0 Å². The van der Waals surface area contributed by atoms with E-state index in [0.29, 0.717) is 12.8 Å². The molecule has 0 spiro atoms. The number of carbonyl (C=O) groups excluding carboxylic acids is 2. The van der Waals surface area contributed by atoms with Crippen LogP contribution >= 0.6 is 0 Å². The minimum Gasteiger partial charge on any atom is -0.468 e. The highest BCUT2D eigenvalue weighted by molar-refractivity contribution is 5.94. The summed E-state index contributed by atoms with van der Waals surface area (Å²) in [6.45, 7) is 3.54. The van der Waals surface area contributed by atoms with Gasteiger partial charge in [0.1, 0.15) is 0 Å². The van der Waals surface area contributed by atoms with Crippen molar-refractivity contribution in [2.75, 3.05) is 14.2 Å². The summed E-state index contributed by atoms with van der Waals surface area (Å²) in [4.78, 5) is 21.9. The van der Waals surface area contributed by atoms with E-state index < -0.39 is 17.9 Å². The molecule has 12 heavy (non-hydrogen) atoms. The molecule has 0 unspecified atom stereocenters. The average molecular weight is 173 g/mol. The molecule has 0 aromatic rings. The number of esters is 2. The maximum Gasteiger partial charge on any atom is 0.320 e. The molecule has 0 rings (SSSR count). The topological polar surface area (TPSA) is 52.6 Å². The van der Waals surface area contributed by atoms with Gasteiger partial charge in [0, 0.05) is 0 Å². The number of methoxy groups -OCH3 is 2. The van der Waals surface area contributed by atoms with E-state index in [1.54, 1.807) is 0 Å². The summed E-state index contributed by atoms with van der Waals surface area (Å²) < 4.78 is 8.84. The van der Waals surface area contributed by atoms with Gasteiger partial charge in [-0.05, 0) is 6.42 Å². The molecule has 0 amide bonds. The fourth-order valence-electron chi connectivity index (χ4n) is 0.821. The Morgan fingerprint density at radius 1 is 1.25 bits per heavy atom. The lowest BCUT2D eigenvalue weighted by Gasteiger charge is -2.10. The van der Waals surface area contributed by atoms with Gasteiger partial charge in [-0.2, -0.15) is 0 Å². The van der Waals surface area contributed by atoms with Gasteiger partial charge in [-0.1, -0.05) is 13.3 Å². The van der Waals surface area contributed by atoms with Gasteiger partial charge >= 0.3 is 11.9 Å². The summed E-state index contributed by atoms with van der Waals surface area (Å²) >= 11 is 0. The minimum atomic E-state index is -0.822. The standard InChI is InChI=1S/C8H13O4/c1-4-5-6(7(9)11-2)8(10)12-3/h6H,1,4-5H2,2-3H3. The molecule has 0 fully saturated rings. The zero-order chi connectivity index (χ0) is 9.56. The lowest BCUT2D eigenvalue weighted by molar-refractivity contribution is -0.159. The maximum atomic E-state index is 11.0. The number of carbonyl (C=O) groups is 2. The molecule has 0 aliphatic rings. The Balaban J connectivity index is 4.21. The Labute approximate surface area is 71.8 Å². The van der Waals surface area contributed by atoms with E-state index in [0.717, 1.165) is 0 Å². The van der Waals surface area contributed by atoms with Crippen LogP contribution in [-0.4, -0.2) is 26.2 Å². The Hall–Kier alpha value is -1.06. The molecule has 69 valence electrons. The van der Waals surface area contributed by atoms with Crippen LogP contribution in [0.25, 0.3) is 0 Å². The molecule has 0 atom stereocenters. The van der Waals surface area contributed by atoms with Gasteiger partial charge in [0.25, 0.3) is 0 Å². The first kappa shape index (κ1) is 10.9. The predicted molar refractivity (Wildman–Crippen MR) is 42.1 cm³/mol. The second-order valence-electron chi connectivity index (χ2n) is 2.24. The van der Waals surface area contributed by atoms with Gasteiger partial charge in [-0.15, -0.1) is 0 Å². The Morgan fingerprint density at radius 3 is 1.92 bits per heavy atom. The Bertz CT molecular complexity index is 148. The van der Waals surface area contributed by atoms with Crippen LogP contribution < -0.4 is 0 Å². The molecule has 4 heteroatoms. The summed E-state index contributed by atoms with van der Waals surface area (Å²) in [5.74, 6) is -1.95. The van der Waals surface area contributed by atoms with Gasteiger partial charge in [0.05, 0.1) is 14.2 Å². The zero-order valence-corrected chi connectivity index (χ0v) is 7.33. The van der Waals surface area contributed by atoms with Crippen molar-refractivity contribution in [2.45, 2.75) is 12.8 Å². The van der Waals surface area contributed by atoms with Gasteiger partial charge in [0.15, 0.2) is 5.92 Å². The maximum absolute atomic E-state index is 11.0. The van der Waals surface area contributed by atoms with E-state index in [1.807, 2.05) is 0 Å². The monoisotopic (exact) mass is 173 g/mol. The zero-order valence-electron chi connectivity index (χ0n) is 7.33. The quantitative estimate of drug-likeness (QED) is 0.460. The lowest BCUT2D eigenvalue weighted by Crippen LogP contribution is -2.26. The molecule has 0 heterocycles. The SMILES string of the molecule is [CH2]CCC(C(=O)OC)C(=O)OC. The van der Waals surface area contributed by atoms with Crippen molar-refractivity contribution >= 4 is 11.9 Å². The van der Waals surface area contributed by atoms with Crippen LogP contribution in [0.4, 0.5) is 0 Å². The summed E-state index contributed by atoms with van der Waals surface area (Å²) in [6, 6.07) is 0. The third-order valence-electron chi connectivity index (χ3n) is 1.46. The lowest BCUT2D eigenvalue weighted by atomic mass is 10.0. The molecule has 0 aliphatic heterocycles. The fraction of sp³-hybridized carbons (Fsp3) is 0.625. The van der Waals surface area contributed by atoms with Crippen LogP contribution in [0.1, 0.15) is 12.8 Å². The molecule has 0 saturated heterocycles. The number of rotatable bonds is 4. The highest BCUT2D eigenvalue weighted by Gasteiger charge is 2.27. The highest BCUT2D eigenvalue weighted by Crippen LogP contribution is 2.09. The highest BCUT2D eigenvalue weighted by atomic mass is 16.5. The second kappa shape index (κ2) is 5.57. The van der Waals surface area contributed by atoms with E-state index in [2.05, 4.69) is 16.4 Å². The first-order chi connectivity index (χ1) is 5.67. The molecule has 0 aromatic carbocycles. The van der Waals surface area contributed by atoms with Crippen molar-refractivity contribution in [3.63, 3.8) is 0 Å². The summed E-state index contributed by atoms with van der Waals surface area (Å²) in [7, 11) is 2.47. The molecule has 0 aromatic heterocycles. The number of hydrogen-bond donors (Lipinski definition) is 0. The van der Waals surface area contributed by atoms with E-state index >= 15 is 0 Å². The van der Waals surface area contributed by atoms with Crippen molar-refractivity contribution < 1.29 is 19.1 Å². The Kier molecular flexibility index (Phi) is 5.08. The van der Waals surface area contributed by atoms with E-state index in [4.69, 9.17) is 0 Å². The largest absolute Gasteiger partial charge is 0.468 e. The van der Waals surface area contributed by atoms with Gasteiger partial charge in [0.2, 0.25) is 0 Å². The normalized spacial score (nSPS) is 9.67. The molecule has 0 N–H and O–H groups in total. The molecule has 1 radical (unpaired) electrons. The van der Waals surface area contributed by atoms with Crippen LogP contribution in [0, 0.1) is 12.8 Å². The van der Waals surface area contributed by atoms with Crippen molar-refractivity contribution in [1.29, 1.82) is 0 Å². The average Bonchev–Trinajstić information content (AvgIpc) is 2.11. The first-order valence-electron chi connectivity index (χ1n) is 3.62. The predicted octanol–water partition coefficient (Wildman–Crippen LogP) is 0.563. The smallest absolute Gasteiger partial charge is 0.320 e. The van der Waals surface area contributed by atoms with Crippen molar-refractivity contribution in [3.05, 3.63) is 6.92 Å². The van der Waals surface area contributed by atoms with Gasteiger partial charge in [-0.25, -0.2) is 0 Å². The second-order valence-corrected chi connectivity index (χ2v) is 2.24. The van der Waals surface area contributed by atoms with Crippen molar-refractivity contribution in [2.24, 2.45) is 5.92 Å². The van der Waals surface area contributed by atoms with Crippen LogP contribution in [0.15, 0.2) is 0 Å². The van der Waals surface area contributed by atoms with Gasteiger partial charge in [-0.3, -0.25) is 9.59 Å². The van der Waals surface area contributed by atoms with E-state index in [-0.39, 0.29) is 0 Å². The van der Waals surface area contributed by atoms with E-state index in [9.17, 15) is 9.59 Å². The Morgan fingerprint density at radius 2 is 1.67 bits per heavy atom. The molecule has 0 saturated carbocycles. The molecular weight excluding hydrogens is 160 g/mol. The summed E-state index contributed by atoms with van der Waals surface area (Å²) in [5, 5.41) is 0. The van der Waals surface area contributed by atoms with Crippen LogP contribution in [-0.2, 0) is 19.1 Å². The summed E-state index contributed by atoms with van der Waals surface area (Å²) in [6.07, 6.45) is 0.855. The van der Waals surface area contributed by atoms with Crippen LogP contribution in [0.3, 0.4) is 0 Å². The van der Waals surface area contributed by atoms with Crippen molar-refractivity contribution in [1.82, 2.24) is 0 Å². The molecule has 0 aliphatic carbocycles. The summed E-state index contributed by atoms with van der Waals surface area (Å²) in [5.41, 5.74) is 0. The molecule has 0 bridgehead atoms.